The molecule has 2 heteroatoms. The van der Waals surface area contributed by atoms with Crippen molar-refractivity contribution in [3.8, 4) is 5.75 Å². The van der Waals surface area contributed by atoms with E-state index in [-0.39, 0.29) is 10.8 Å². The van der Waals surface area contributed by atoms with E-state index in [9.17, 15) is 0 Å². The number of ether oxygens (including phenoxy) is 1. The summed E-state index contributed by atoms with van der Waals surface area (Å²) in [5.41, 5.74) is 4.80. The topological polar surface area (TPSA) is 9.23 Å². The Kier molecular flexibility index (Phi) is 6.93. The highest BCUT2D eigenvalue weighted by atomic mass is 32.2. The van der Waals surface area contributed by atoms with Crippen LogP contribution >= 0.6 is 11.8 Å². The minimum Gasteiger partial charge on any atom is -0.493 e. The van der Waals surface area contributed by atoms with Gasteiger partial charge in [0.2, 0.25) is 0 Å². The van der Waals surface area contributed by atoms with E-state index in [1.54, 1.807) is 0 Å². The average molecular weight is 375 g/mol. The summed E-state index contributed by atoms with van der Waals surface area (Å²) in [5, 5.41) is 3.02. The zero-order valence-corrected chi connectivity index (χ0v) is 18.9. The van der Waals surface area contributed by atoms with Gasteiger partial charge in [-0.2, -0.15) is 0 Å². The van der Waals surface area contributed by atoms with Crippen molar-refractivity contribution in [2.45, 2.75) is 85.3 Å². The second-order valence-corrected chi connectivity index (χ2v) is 10.3. The van der Waals surface area contributed by atoms with Gasteiger partial charge in [0.25, 0.3) is 0 Å². The van der Waals surface area contributed by atoms with Gasteiger partial charge in [0.1, 0.15) is 5.75 Å². The molecule has 1 aliphatic heterocycles. The number of allylic oxidation sites excluding steroid dienone is 1. The average Bonchev–Trinajstić information content (AvgIpc) is 3.01. The quantitative estimate of drug-likeness (QED) is 0.488. The van der Waals surface area contributed by atoms with E-state index in [0.29, 0.717) is 11.2 Å². The number of rotatable bonds is 7. The van der Waals surface area contributed by atoms with Crippen molar-refractivity contribution in [2.24, 2.45) is 11.3 Å². The lowest BCUT2D eigenvalue weighted by atomic mass is 9.71. The molecule has 1 heterocycles. The molecule has 0 saturated heterocycles. The lowest BCUT2D eigenvalue weighted by Gasteiger charge is -2.38. The summed E-state index contributed by atoms with van der Waals surface area (Å²) in [6.45, 7) is 19.1. The van der Waals surface area contributed by atoms with Gasteiger partial charge in [0.15, 0.2) is 0 Å². The third-order valence-electron chi connectivity index (χ3n) is 6.54. The molecule has 146 valence electrons. The predicted molar refractivity (Wildman–Crippen MR) is 117 cm³/mol. The summed E-state index contributed by atoms with van der Waals surface area (Å²) in [7, 11) is 0. The van der Waals surface area contributed by atoms with Gasteiger partial charge in [0.05, 0.1) is 6.61 Å². The molecule has 0 aliphatic carbocycles. The number of hydrogen-bond donors (Lipinski definition) is 0. The second-order valence-electron chi connectivity index (χ2n) is 9.21. The van der Waals surface area contributed by atoms with Crippen molar-refractivity contribution in [3.63, 3.8) is 0 Å². The first-order valence-corrected chi connectivity index (χ1v) is 11.1. The first-order valence-electron chi connectivity index (χ1n) is 10.2. The summed E-state index contributed by atoms with van der Waals surface area (Å²) in [6, 6.07) is 6.92. The van der Waals surface area contributed by atoms with Crippen molar-refractivity contribution in [2.75, 3.05) is 6.61 Å². The van der Waals surface area contributed by atoms with Crippen LogP contribution in [-0.4, -0.2) is 11.9 Å². The Bertz CT molecular complexity index is 634. The molecule has 0 bridgehead atoms. The first-order chi connectivity index (χ1) is 12.1. The van der Waals surface area contributed by atoms with Crippen LogP contribution in [0.4, 0.5) is 0 Å². The summed E-state index contributed by atoms with van der Waals surface area (Å²) in [5.74, 6) is 1.57. The molecule has 0 saturated carbocycles. The van der Waals surface area contributed by atoms with Crippen LogP contribution in [0.3, 0.4) is 0 Å². The molecule has 0 amide bonds. The smallest absolute Gasteiger partial charge is 0.122 e. The van der Waals surface area contributed by atoms with E-state index in [0.717, 1.165) is 12.4 Å². The van der Waals surface area contributed by atoms with Crippen LogP contribution in [0.25, 0.3) is 0 Å². The Balaban J connectivity index is 2.21. The van der Waals surface area contributed by atoms with Crippen molar-refractivity contribution in [3.05, 3.63) is 40.3 Å². The maximum Gasteiger partial charge on any atom is 0.122 e. The van der Waals surface area contributed by atoms with Crippen LogP contribution in [0.15, 0.2) is 29.2 Å². The highest BCUT2D eigenvalue weighted by Crippen LogP contribution is 2.48. The lowest BCUT2D eigenvalue weighted by Crippen LogP contribution is -2.35. The van der Waals surface area contributed by atoms with E-state index in [1.165, 1.54) is 36.0 Å². The van der Waals surface area contributed by atoms with Gasteiger partial charge in [0, 0.05) is 10.7 Å². The Hall–Kier alpha value is -0.890. The minimum absolute atomic E-state index is 0.251. The van der Waals surface area contributed by atoms with Crippen LogP contribution in [0, 0.1) is 18.3 Å². The molecule has 2 atom stereocenters. The fourth-order valence-electron chi connectivity index (χ4n) is 3.80. The van der Waals surface area contributed by atoms with Crippen molar-refractivity contribution in [1.29, 1.82) is 0 Å². The Morgan fingerprint density at radius 3 is 2.27 bits per heavy atom. The Morgan fingerprint density at radius 2 is 1.81 bits per heavy atom. The molecule has 0 aromatic heterocycles. The molecule has 1 nitrogen and oxygen atoms in total. The van der Waals surface area contributed by atoms with E-state index >= 15 is 0 Å². The fraction of sp³-hybridized carbons (Fsp3) is 0.667. The van der Waals surface area contributed by atoms with Gasteiger partial charge in [-0.1, -0.05) is 59.2 Å². The molecule has 1 aromatic carbocycles. The zero-order valence-electron chi connectivity index (χ0n) is 18.1. The van der Waals surface area contributed by atoms with E-state index < -0.39 is 0 Å². The molecule has 1 aliphatic rings. The Labute approximate surface area is 166 Å². The van der Waals surface area contributed by atoms with Crippen molar-refractivity contribution < 1.29 is 4.74 Å². The van der Waals surface area contributed by atoms with Gasteiger partial charge in [-0.05, 0) is 67.0 Å². The predicted octanol–water partition coefficient (Wildman–Crippen LogP) is 7.52. The SMILES string of the molecule is CCC(CC)(c1ccc(OCC(C)C(C)(C)C)c(C)c1)C1CC(C)=CS1. The van der Waals surface area contributed by atoms with E-state index in [2.05, 4.69) is 79.0 Å². The van der Waals surface area contributed by atoms with Gasteiger partial charge < -0.3 is 4.74 Å². The van der Waals surface area contributed by atoms with Crippen LogP contribution < -0.4 is 4.74 Å². The van der Waals surface area contributed by atoms with Gasteiger partial charge in [-0.15, -0.1) is 11.8 Å². The summed E-state index contributed by atoms with van der Waals surface area (Å²) in [4.78, 5) is 0. The number of thioether (sulfide) groups is 1. The van der Waals surface area contributed by atoms with Crippen molar-refractivity contribution in [1.82, 2.24) is 0 Å². The van der Waals surface area contributed by atoms with Crippen LogP contribution in [0.5, 0.6) is 5.75 Å². The molecule has 0 spiro atoms. The molecule has 0 N–H and O–H groups in total. The molecule has 0 radical (unpaired) electrons. The molecular weight excluding hydrogens is 336 g/mol. The minimum atomic E-state index is 0.251. The first kappa shape index (κ1) is 21.4. The summed E-state index contributed by atoms with van der Waals surface area (Å²) >= 11 is 2.04. The summed E-state index contributed by atoms with van der Waals surface area (Å²) < 4.78 is 6.19. The third kappa shape index (κ3) is 4.50. The number of hydrogen-bond acceptors (Lipinski definition) is 2. The molecule has 2 rings (SSSR count). The standard InChI is InChI=1S/C24H38OS/c1-9-24(10-2,22-13-17(3)16-26-22)20-11-12-21(18(4)14-20)25-15-19(5)23(6,7)8/h11-12,14,16,19,22H,9-10,13,15H2,1-8H3. The lowest BCUT2D eigenvalue weighted by molar-refractivity contribution is 0.160. The molecule has 0 fully saturated rings. The molecule has 26 heavy (non-hydrogen) atoms. The normalized spacial score (nSPS) is 19.4. The van der Waals surface area contributed by atoms with Crippen LogP contribution in [0.1, 0.15) is 78.9 Å². The maximum absolute atomic E-state index is 6.19. The van der Waals surface area contributed by atoms with Crippen molar-refractivity contribution >= 4 is 11.8 Å². The van der Waals surface area contributed by atoms with Gasteiger partial charge in [-0.25, -0.2) is 0 Å². The van der Waals surface area contributed by atoms with E-state index in [1.807, 2.05) is 11.8 Å². The van der Waals surface area contributed by atoms with Crippen LogP contribution in [-0.2, 0) is 5.41 Å². The van der Waals surface area contributed by atoms with E-state index in [4.69, 9.17) is 4.74 Å². The molecular formula is C24H38OS. The van der Waals surface area contributed by atoms with Gasteiger partial charge >= 0.3 is 0 Å². The zero-order chi connectivity index (χ0) is 19.5. The number of aryl methyl sites for hydroxylation is 1. The Morgan fingerprint density at radius 1 is 1.15 bits per heavy atom. The highest BCUT2D eigenvalue weighted by Gasteiger charge is 2.39. The molecule has 1 aromatic rings. The number of benzene rings is 1. The maximum atomic E-state index is 6.19. The highest BCUT2D eigenvalue weighted by molar-refractivity contribution is 8.03. The largest absolute Gasteiger partial charge is 0.493 e. The fourth-order valence-corrected chi connectivity index (χ4v) is 5.38. The monoisotopic (exact) mass is 374 g/mol. The molecule has 2 unspecified atom stereocenters. The third-order valence-corrected chi connectivity index (χ3v) is 8.02. The summed E-state index contributed by atoms with van der Waals surface area (Å²) in [6.07, 6.45) is 3.58. The second kappa shape index (κ2) is 8.42. The van der Waals surface area contributed by atoms with Crippen LogP contribution in [0.2, 0.25) is 0 Å². The van der Waals surface area contributed by atoms with Gasteiger partial charge in [-0.3, -0.25) is 0 Å².